The lowest BCUT2D eigenvalue weighted by Gasteiger charge is -2.03. The standard InChI is InChI=1S/C12H10BrN3O2S/c1-6(17)10-5-19-12(15-10)16-11(18)7-2-3-9(14)8(13)4-7/h2-5H,14H2,1H3,(H,15,16,18). The average molecular weight is 340 g/mol. The molecule has 0 saturated carbocycles. The summed E-state index contributed by atoms with van der Waals surface area (Å²) in [5, 5.41) is 4.63. The number of nitrogens with one attached hydrogen (secondary N) is 1. The zero-order chi connectivity index (χ0) is 14.0. The minimum Gasteiger partial charge on any atom is -0.398 e. The largest absolute Gasteiger partial charge is 0.398 e. The second kappa shape index (κ2) is 5.50. The van der Waals surface area contributed by atoms with Crippen molar-refractivity contribution in [2.24, 2.45) is 0 Å². The van der Waals surface area contributed by atoms with Gasteiger partial charge in [0.1, 0.15) is 5.69 Å². The average Bonchev–Trinajstić information content (AvgIpc) is 2.81. The Bertz CT molecular complexity index is 654. The number of Topliss-reactive ketones (excluding diaryl/α,β-unsaturated/α-hetero) is 1. The zero-order valence-corrected chi connectivity index (χ0v) is 12.3. The Kier molecular flexibility index (Phi) is 3.96. The minimum absolute atomic E-state index is 0.132. The molecular weight excluding hydrogens is 330 g/mol. The number of amides is 1. The Morgan fingerprint density at radius 1 is 1.42 bits per heavy atom. The third kappa shape index (κ3) is 3.18. The van der Waals surface area contributed by atoms with Gasteiger partial charge in [-0.2, -0.15) is 0 Å². The van der Waals surface area contributed by atoms with E-state index in [0.29, 0.717) is 26.5 Å². The molecule has 0 radical (unpaired) electrons. The fourth-order valence-corrected chi connectivity index (χ4v) is 2.45. The molecule has 0 aliphatic carbocycles. The van der Waals surface area contributed by atoms with Crippen LogP contribution in [0, 0.1) is 0 Å². The van der Waals surface area contributed by atoms with Crippen LogP contribution in [0.5, 0.6) is 0 Å². The Balaban J connectivity index is 2.15. The summed E-state index contributed by atoms with van der Waals surface area (Å²) >= 11 is 4.47. The van der Waals surface area contributed by atoms with Crippen LogP contribution in [0.2, 0.25) is 0 Å². The predicted octanol–water partition coefficient (Wildman–Crippen LogP) is 2.94. The Morgan fingerprint density at radius 2 is 2.16 bits per heavy atom. The fraction of sp³-hybridized carbons (Fsp3) is 0.0833. The number of nitrogens with zero attached hydrogens (tertiary/aromatic N) is 1. The SMILES string of the molecule is CC(=O)c1csc(NC(=O)c2ccc(N)c(Br)c2)n1. The molecule has 1 aromatic carbocycles. The quantitative estimate of drug-likeness (QED) is 0.665. The number of nitrogen functional groups attached to an aromatic ring is 1. The van der Waals surface area contributed by atoms with Gasteiger partial charge in [-0.1, -0.05) is 0 Å². The van der Waals surface area contributed by atoms with Crippen LogP contribution in [-0.2, 0) is 0 Å². The Morgan fingerprint density at radius 3 is 2.74 bits per heavy atom. The highest BCUT2D eigenvalue weighted by Gasteiger charge is 2.11. The number of hydrogen-bond donors (Lipinski definition) is 2. The normalized spacial score (nSPS) is 10.2. The number of benzene rings is 1. The molecule has 2 rings (SSSR count). The van der Waals surface area contributed by atoms with E-state index in [4.69, 9.17) is 5.73 Å². The maximum atomic E-state index is 12.0. The Labute approximate surface area is 122 Å². The van der Waals surface area contributed by atoms with E-state index in [-0.39, 0.29) is 11.7 Å². The number of ketones is 1. The van der Waals surface area contributed by atoms with Gasteiger partial charge in [0, 0.05) is 28.0 Å². The molecule has 1 heterocycles. The first-order valence-corrected chi connectivity index (χ1v) is 6.97. The molecule has 0 aliphatic heterocycles. The number of nitrogens with two attached hydrogens (primary N) is 1. The van der Waals surface area contributed by atoms with Crippen LogP contribution in [0.25, 0.3) is 0 Å². The molecule has 0 saturated heterocycles. The summed E-state index contributed by atoms with van der Waals surface area (Å²) in [5.74, 6) is -0.433. The number of halogens is 1. The third-order valence-corrected chi connectivity index (χ3v) is 3.79. The second-order valence-corrected chi connectivity index (χ2v) is 5.50. The number of rotatable bonds is 3. The minimum atomic E-state index is -0.301. The summed E-state index contributed by atoms with van der Waals surface area (Å²) < 4.78 is 0.656. The summed E-state index contributed by atoms with van der Waals surface area (Å²) in [6.07, 6.45) is 0. The van der Waals surface area contributed by atoms with E-state index in [9.17, 15) is 9.59 Å². The van der Waals surface area contributed by atoms with E-state index in [2.05, 4.69) is 26.2 Å². The smallest absolute Gasteiger partial charge is 0.257 e. The van der Waals surface area contributed by atoms with Crippen molar-refractivity contribution in [3.8, 4) is 0 Å². The summed E-state index contributed by atoms with van der Waals surface area (Å²) in [5.41, 5.74) is 7.02. The van der Waals surface area contributed by atoms with Gasteiger partial charge in [0.2, 0.25) is 0 Å². The molecule has 0 unspecified atom stereocenters. The van der Waals surface area contributed by atoms with Gasteiger partial charge >= 0.3 is 0 Å². The zero-order valence-electron chi connectivity index (χ0n) is 9.94. The van der Waals surface area contributed by atoms with E-state index in [0.717, 1.165) is 0 Å². The van der Waals surface area contributed by atoms with Crippen LogP contribution in [-0.4, -0.2) is 16.7 Å². The van der Waals surface area contributed by atoms with Gasteiger partial charge in [0.05, 0.1) is 0 Å². The van der Waals surface area contributed by atoms with Crippen LogP contribution in [0.15, 0.2) is 28.1 Å². The van der Waals surface area contributed by atoms with E-state index in [1.165, 1.54) is 18.3 Å². The molecule has 0 atom stereocenters. The van der Waals surface area contributed by atoms with Crippen LogP contribution in [0.1, 0.15) is 27.8 Å². The third-order valence-electron chi connectivity index (χ3n) is 2.35. The second-order valence-electron chi connectivity index (χ2n) is 3.78. The molecule has 3 N–H and O–H groups in total. The molecule has 98 valence electrons. The molecule has 19 heavy (non-hydrogen) atoms. The first kappa shape index (κ1) is 13.7. The molecule has 0 aliphatic rings. The van der Waals surface area contributed by atoms with Gasteiger partial charge in [-0.25, -0.2) is 4.98 Å². The van der Waals surface area contributed by atoms with Crippen LogP contribution < -0.4 is 11.1 Å². The highest BCUT2D eigenvalue weighted by atomic mass is 79.9. The first-order chi connectivity index (χ1) is 8.97. The van der Waals surface area contributed by atoms with Crippen molar-refractivity contribution in [1.29, 1.82) is 0 Å². The molecule has 1 amide bonds. The first-order valence-electron chi connectivity index (χ1n) is 5.30. The number of hydrogen-bond acceptors (Lipinski definition) is 5. The van der Waals surface area contributed by atoms with Gasteiger partial charge in [-0.3, -0.25) is 14.9 Å². The van der Waals surface area contributed by atoms with Crippen molar-refractivity contribution >= 4 is 49.8 Å². The number of thiazole rings is 1. The molecule has 0 spiro atoms. The van der Waals surface area contributed by atoms with Crippen molar-refractivity contribution in [3.05, 3.63) is 39.3 Å². The van der Waals surface area contributed by atoms with E-state index in [1.54, 1.807) is 23.6 Å². The lowest BCUT2D eigenvalue weighted by Crippen LogP contribution is -2.12. The number of carbonyl (C=O) groups is 2. The molecule has 0 fully saturated rings. The number of carbonyl (C=O) groups excluding carboxylic acids is 2. The summed E-state index contributed by atoms with van der Waals surface area (Å²) in [4.78, 5) is 27.1. The number of anilines is 2. The van der Waals surface area contributed by atoms with Crippen LogP contribution >= 0.6 is 27.3 Å². The predicted molar refractivity (Wildman–Crippen MR) is 78.6 cm³/mol. The van der Waals surface area contributed by atoms with Crippen LogP contribution in [0.3, 0.4) is 0 Å². The maximum absolute atomic E-state index is 12.0. The van der Waals surface area contributed by atoms with Gasteiger partial charge in [0.15, 0.2) is 10.9 Å². The van der Waals surface area contributed by atoms with Gasteiger partial charge in [-0.05, 0) is 34.1 Å². The molecular formula is C12H10BrN3O2S. The summed E-state index contributed by atoms with van der Waals surface area (Å²) in [6.45, 7) is 1.43. The van der Waals surface area contributed by atoms with Crippen molar-refractivity contribution in [2.75, 3.05) is 11.1 Å². The fourth-order valence-electron chi connectivity index (χ4n) is 1.33. The molecule has 7 heteroatoms. The van der Waals surface area contributed by atoms with Gasteiger partial charge in [-0.15, -0.1) is 11.3 Å². The monoisotopic (exact) mass is 339 g/mol. The molecule has 2 aromatic rings. The summed E-state index contributed by atoms with van der Waals surface area (Å²) in [7, 11) is 0. The van der Waals surface area contributed by atoms with E-state index < -0.39 is 0 Å². The van der Waals surface area contributed by atoms with Crippen molar-refractivity contribution in [3.63, 3.8) is 0 Å². The lowest BCUT2D eigenvalue weighted by atomic mass is 10.2. The van der Waals surface area contributed by atoms with Gasteiger partial charge < -0.3 is 5.73 Å². The maximum Gasteiger partial charge on any atom is 0.257 e. The van der Waals surface area contributed by atoms with Gasteiger partial charge in [0.25, 0.3) is 5.91 Å². The van der Waals surface area contributed by atoms with E-state index >= 15 is 0 Å². The van der Waals surface area contributed by atoms with Crippen molar-refractivity contribution in [2.45, 2.75) is 6.92 Å². The highest BCUT2D eigenvalue weighted by molar-refractivity contribution is 9.10. The Hall–Kier alpha value is -1.73. The molecule has 1 aromatic heterocycles. The molecule has 5 nitrogen and oxygen atoms in total. The lowest BCUT2D eigenvalue weighted by molar-refractivity contribution is 0.100. The van der Waals surface area contributed by atoms with Crippen molar-refractivity contribution in [1.82, 2.24) is 4.98 Å². The van der Waals surface area contributed by atoms with Crippen molar-refractivity contribution < 1.29 is 9.59 Å². The van der Waals surface area contributed by atoms with E-state index in [1.807, 2.05) is 0 Å². The molecule has 0 bridgehead atoms. The highest BCUT2D eigenvalue weighted by Crippen LogP contribution is 2.22. The number of aromatic nitrogens is 1. The topological polar surface area (TPSA) is 85.1 Å². The summed E-state index contributed by atoms with van der Waals surface area (Å²) in [6, 6.07) is 4.89. The van der Waals surface area contributed by atoms with Crippen LogP contribution in [0.4, 0.5) is 10.8 Å².